The highest BCUT2D eigenvalue weighted by molar-refractivity contribution is 5.45. The minimum atomic E-state index is 0.686. The monoisotopic (exact) mass is 230 g/mol. The van der Waals surface area contributed by atoms with Gasteiger partial charge in [-0.2, -0.15) is 5.26 Å². The lowest BCUT2D eigenvalue weighted by molar-refractivity contribution is 0.258. The van der Waals surface area contributed by atoms with Crippen molar-refractivity contribution in [2.75, 3.05) is 37.6 Å². The molecule has 0 unspecified atom stereocenters. The van der Waals surface area contributed by atoms with Crippen LogP contribution in [-0.2, 0) is 0 Å². The van der Waals surface area contributed by atoms with Gasteiger partial charge in [0.2, 0.25) is 0 Å². The van der Waals surface area contributed by atoms with E-state index in [9.17, 15) is 0 Å². The number of hydrogen-bond acceptors (Lipinski definition) is 4. The highest BCUT2D eigenvalue weighted by atomic mass is 15.3. The molecule has 0 aliphatic carbocycles. The third-order valence-electron chi connectivity index (χ3n) is 3.11. The van der Waals surface area contributed by atoms with E-state index in [1.165, 1.54) is 13.0 Å². The molecule has 1 aromatic rings. The minimum absolute atomic E-state index is 0.686. The van der Waals surface area contributed by atoms with Crippen LogP contribution in [0.1, 0.15) is 18.9 Å². The standard InChI is InChI=1S/C13H18N4/c1-2-5-16-6-8-17(9-7-16)13-10-12(11-14)3-4-15-13/h3-4,10H,2,5-9H2,1H3. The zero-order valence-electron chi connectivity index (χ0n) is 10.3. The summed E-state index contributed by atoms with van der Waals surface area (Å²) in [5, 5.41) is 8.87. The highest BCUT2D eigenvalue weighted by Crippen LogP contribution is 2.14. The molecule has 1 aliphatic heterocycles. The van der Waals surface area contributed by atoms with Crippen molar-refractivity contribution in [3.8, 4) is 6.07 Å². The number of nitriles is 1. The van der Waals surface area contributed by atoms with Crippen molar-refractivity contribution in [1.82, 2.24) is 9.88 Å². The van der Waals surface area contributed by atoms with Gasteiger partial charge in [-0.05, 0) is 25.1 Å². The average Bonchev–Trinajstić information content (AvgIpc) is 2.40. The number of anilines is 1. The maximum Gasteiger partial charge on any atom is 0.129 e. The maximum atomic E-state index is 8.87. The van der Waals surface area contributed by atoms with Gasteiger partial charge >= 0.3 is 0 Å². The molecule has 0 aromatic carbocycles. The summed E-state index contributed by atoms with van der Waals surface area (Å²) in [6, 6.07) is 5.78. The first kappa shape index (κ1) is 11.9. The summed E-state index contributed by atoms with van der Waals surface area (Å²) in [7, 11) is 0. The van der Waals surface area contributed by atoms with Gasteiger partial charge in [-0.15, -0.1) is 0 Å². The van der Waals surface area contributed by atoms with Gasteiger partial charge < -0.3 is 4.90 Å². The normalized spacial score (nSPS) is 16.8. The van der Waals surface area contributed by atoms with Crippen molar-refractivity contribution >= 4 is 5.82 Å². The van der Waals surface area contributed by atoms with E-state index in [0.717, 1.165) is 32.0 Å². The fourth-order valence-electron chi connectivity index (χ4n) is 2.18. The summed E-state index contributed by atoms with van der Waals surface area (Å²) in [6.07, 6.45) is 2.93. The molecule has 0 bridgehead atoms. The molecule has 4 heteroatoms. The molecule has 0 atom stereocenters. The van der Waals surface area contributed by atoms with Crippen molar-refractivity contribution < 1.29 is 0 Å². The molecular formula is C13H18N4. The third-order valence-corrected chi connectivity index (χ3v) is 3.11. The summed E-state index contributed by atoms with van der Waals surface area (Å²) in [4.78, 5) is 9.07. The number of aromatic nitrogens is 1. The molecular weight excluding hydrogens is 212 g/mol. The van der Waals surface area contributed by atoms with Gasteiger partial charge in [0.25, 0.3) is 0 Å². The predicted octanol–water partition coefficient (Wildman–Crippen LogP) is 1.49. The van der Waals surface area contributed by atoms with E-state index in [2.05, 4.69) is 27.8 Å². The molecule has 2 rings (SSSR count). The first-order valence-electron chi connectivity index (χ1n) is 6.17. The summed E-state index contributed by atoms with van der Waals surface area (Å²) < 4.78 is 0. The average molecular weight is 230 g/mol. The number of nitrogens with zero attached hydrogens (tertiary/aromatic N) is 4. The Hall–Kier alpha value is -1.60. The Labute approximate surface area is 102 Å². The van der Waals surface area contributed by atoms with E-state index in [1.54, 1.807) is 12.3 Å². The maximum absolute atomic E-state index is 8.87. The topological polar surface area (TPSA) is 43.2 Å². The molecule has 0 amide bonds. The van der Waals surface area contributed by atoms with Crippen LogP contribution in [0.15, 0.2) is 18.3 Å². The number of hydrogen-bond donors (Lipinski definition) is 0. The van der Waals surface area contributed by atoms with Gasteiger partial charge in [0.15, 0.2) is 0 Å². The number of piperazine rings is 1. The predicted molar refractivity (Wildman–Crippen MR) is 67.9 cm³/mol. The Morgan fingerprint density at radius 3 is 2.76 bits per heavy atom. The van der Waals surface area contributed by atoms with Crippen LogP contribution in [0.3, 0.4) is 0 Å². The quantitative estimate of drug-likeness (QED) is 0.789. The number of rotatable bonds is 3. The second kappa shape index (κ2) is 5.65. The lowest BCUT2D eigenvalue weighted by Gasteiger charge is -2.35. The van der Waals surface area contributed by atoms with Crippen LogP contribution in [0.4, 0.5) is 5.82 Å². The molecule has 0 N–H and O–H groups in total. The Morgan fingerprint density at radius 1 is 1.35 bits per heavy atom. The first-order chi connectivity index (χ1) is 8.33. The number of pyridine rings is 1. The molecule has 1 aromatic heterocycles. The molecule has 1 aliphatic rings. The summed E-state index contributed by atoms with van der Waals surface area (Å²) in [5.74, 6) is 0.931. The largest absolute Gasteiger partial charge is 0.354 e. The van der Waals surface area contributed by atoms with Gasteiger partial charge in [0.05, 0.1) is 11.6 Å². The summed E-state index contributed by atoms with van der Waals surface area (Å²) in [6.45, 7) is 7.58. The summed E-state index contributed by atoms with van der Waals surface area (Å²) >= 11 is 0. The van der Waals surface area contributed by atoms with E-state index in [4.69, 9.17) is 5.26 Å². The van der Waals surface area contributed by atoms with Crippen molar-refractivity contribution in [2.24, 2.45) is 0 Å². The fourth-order valence-corrected chi connectivity index (χ4v) is 2.18. The van der Waals surface area contributed by atoms with E-state index in [-0.39, 0.29) is 0 Å². The van der Waals surface area contributed by atoms with Gasteiger partial charge in [0, 0.05) is 32.4 Å². The van der Waals surface area contributed by atoms with Crippen LogP contribution in [0.2, 0.25) is 0 Å². The lowest BCUT2D eigenvalue weighted by Crippen LogP contribution is -2.46. The molecule has 0 radical (unpaired) electrons. The van der Waals surface area contributed by atoms with E-state index in [1.807, 2.05) is 6.07 Å². The molecule has 1 saturated heterocycles. The molecule has 2 heterocycles. The van der Waals surface area contributed by atoms with Crippen LogP contribution >= 0.6 is 0 Å². The van der Waals surface area contributed by atoms with E-state index < -0.39 is 0 Å². The molecule has 0 spiro atoms. The summed E-state index contributed by atoms with van der Waals surface area (Å²) in [5.41, 5.74) is 0.686. The van der Waals surface area contributed by atoms with Crippen molar-refractivity contribution in [1.29, 1.82) is 5.26 Å². The van der Waals surface area contributed by atoms with E-state index in [0.29, 0.717) is 5.56 Å². The SMILES string of the molecule is CCCN1CCN(c2cc(C#N)ccn2)CC1. The van der Waals surface area contributed by atoms with Crippen LogP contribution < -0.4 is 4.90 Å². The molecule has 1 fully saturated rings. The Kier molecular flexibility index (Phi) is 3.94. The van der Waals surface area contributed by atoms with Gasteiger partial charge in [-0.1, -0.05) is 6.92 Å². The fraction of sp³-hybridized carbons (Fsp3) is 0.538. The first-order valence-corrected chi connectivity index (χ1v) is 6.17. The van der Waals surface area contributed by atoms with Crippen LogP contribution in [0, 0.1) is 11.3 Å². The zero-order valence-corrected chi connectivity index (χ0v) is 10.3. The third kappa shape index (κ3) is 2.95. The van der Waals surface area contributed by atoms with Gasteiger partial charge in [-0.25, -0.2) is 4.98 Å². The highest BCUT2D eigenvalue weighted by Gasteiger charge is 2.17. The van der Waals surface area contributed by atoms with Crippen molar-refractivity contribution in [3.05, 3.63) is 23.9 Å². The zero-order chi connectivity index (χ0) is 12.1. The molecule has 0 saturated carbocycles. The second-order valence-electron chi connectivity index (χ2n) is 4.34. The van der Waals surface area contributed by atoms with Crippen LogP contribution in [0.5, 0.6) is 0 Å². The van der Waals surface area contributed by atoms with Crippen molar-refractivity contribution in [3.63, 3.8) is 0 Å². The van der Waals surface area contributed by atoms with Crippen LogP contribution in [0.25, 0.3) is 0 Å². The Bertz CT molecular complexity index is 402. The second-order valence-corrected chi connectivity index (χ2v) is 4.34. The Balaban J connectivity index is 1.98. The van der Waals surface area contributed by atoms with E-state index >= 15 is 0 Å². The molecule has 90 valence electrons. The Morgan fingerprint density at radius 2 is 2.12 bits per heavy atom. The van der Waals surface area contributed by atoms with Crippen LogP contribution in [-0.4, -0.2) is 42.6 Å². The molecule has 17 heavy (non-hydrogen) atoms. The lowest BCUT2D eigenvalue weighted by atomic mass is 10.2. The van der Waals surface area contributed by atoms with Crippen molar-refractivity contribution in [2.45, 2.75) is 13.3 Å². The van der Waals surface area contributed by atoms with Gasteiger partial charge in [0.1, 0.15) is 5.82 Å². The molecule has 4 nitrogen and oxygen atoms in total. The minimum Gasteiger partial charge on any atom is -0.354 e. The van der Waals surface area contributed by atoms with Gasteiger partial charge in [-0.3, -0.25) is 4.90 Å². The smallest absolute Gasteiger partial charge is 0.129 e.